The highest BCUT2D eigenvalue weighted by Gasteiger charge is 2.20. The van der Waals surface area contributed by atoms with Gasteiger partial charge in [0.25, 0.3) is 0 Å². The van der Waals surface area contributed by atoms with E-state index in [0.717, 1.165) is 31.5 Å². The van der Waals surface area contributed by atoms with Crippen molar-refractivity contribution in [1.29, 1.82) is 0 Å². The molecule has 22 heavy (non-hydrogen) atoms. The van der Waals surface area contributed by atoms with Gasteiger partial charge in [-0.3, -0.25) is 9.59 Å². The number of esters is 1. The molecule has 2 unspecified atom stereocenters. The molecule has 1 amide bonds. The third-order valence-corrected chi connectivity index (χ3v) is 4.08. The normalized spacial score (nSPS) is 18.7. The van der Waals surface area contributed by atoms with Crippen LogP contribution in [0.2, 0.25) is 0 Å². The minimum Gasteiger partial charge on any atom is -0.469 e. The number of benzene rings is 1. The van der Waals surface area contributed by atoms with Gasteiger partial charge in [0, 0.05) is 6.42 Å². The van der Waals surface area contributed by atoms with Crippen molar-refractivity contribution < 1.29 is 14.3 Å². The molecule has 0 spiro atoms. The fraction of sp³-hybridized carbons (Fsp3) is 0.529. The fourth-order valence-corrected chi connectivity index (χ4v) is 2.75. The van der Waals surface area contributed by atoms with Gasteiger partial charge in [-0.1, -0.05) is 30.3 Å². The van der Waals surface area contributed by atoms with Gasteiger partial charge >= 0.3 is 5.97 Å². The summed E-state index contributed by atoms with van der Waals surface area (Å²) in [7, 11) is 1.36. The summed E-state index contributed by atoms with van der Waals surface area (Å²) < 4.78 is 4.73. The van der Waals surface area contributed by atoms with Crippen molar-refractivity contribution in [2.75, 3.05) is 20.2 Å². The van der Waals surface area contributed by atoms with Gasteiger partial charge < -0.3 is 15.4 Å². The van der Waals surface area contributed by atoms with Crippen molar-refractivity contribution in [3.05, 3.63) is 35.9 Å². The smallest absolute Gasteiger partial charge is 0.307 e. The van der Waals surface area contributed by atoms with Gasteiger partial charge in [0.15, 0.2) is 0 Å². The van der Waals surface area contributed by atoms with Crippen LogP contribution in [0.3, 0.4) is 0 Å². The average Bonchev–Trinajstić information content (AvgIpc) is 3.06. The molecule has 1 heterocycles. The van der Waals surface area contributed by atoms with Crippen molar-refractivity contribution >= 4 is 11.9 Å². The molecule has 1 aliphatic heterocycles. The molecule has 2 atom stereocenters. The third-order valence-electron chi connectivity index (χ3n) is 4.08. The Labute approximate surface area is 131 Å². The lowest BCUT2D eigenvalue weighted by atomic mass is 10.0. The molecule has 5 nitrogen and oxygen atoms in total. The number of methoxy groups -OCH3 is 1. The maximum absolute atomic E-state index is 12.2. The molecule has 1 aromatic carbocycles. The summed E-state index contributed by atoms with van der Waals surface area (Å²) in [5.74, 6) is 0.250. The van der Waals surface area contributed by atoms with E-state index in [2.05, 4.69) is 10.6 Å². The van der Waals surface area contributed by atoms with E-state index in [1.807, 2.05) is 30.3 Å². The molecule has 0 radical (unpaired) electrons. The molecule has 1 saturated heterocycles. The number of hydrogen-bond donors (Lipinski definition) is 2. The zero-order chi connectivity index (χ0) is 15.8. The minimum atomic E-state index is -0.331. The molecule has 120 valence electrons. The van der Waals surface area contributed by atoms with Crippen molar-refractivity contribution in [1.82, 2.24) is 10.6 Å². The quantitative estimate of drug-likeness (QED) is 0.754. The van der Waals surface area contributed by atoms with E-state index in [1.165, 1.54) is 7.11 Å². The monoisotopic (exact) mass is 304 g/mol. The van der Waals surface area contributed by atoms with Gasteiger partial charge in [0.2, 0.25) is 5.91 Å². The standard InChI is InChI=1S/C17H24N2O3/c1-22-17(21)11-15(14-5-3-2-4-6-14)19-16(20)8-7-13-9-10-18-12-13/h2-6,13,15,18H,7-12H2,1H3,(H,19,20). The Morgan fingerprint density at radius 3 is 2.77 bits per heavy atom. The van der Waals surface area contributed by atoms with Crippen molar-refractivity contribution in [2.45, 2.75) is 31.7 Å². The molecule has 1 aromatic rings. The molecule has 1 aliphatic rings. The molecular weight excluding hydrogens is 280 g/mol. The lowest BCUT2D eigenvalue weighted by molar-refractivity contribution is -0.141. The number of carbonyl (C=O) groups excluding carboxylic acids is 2. The summed E-state index contributed by atoms with van der Waals surface area (Å²) in [4.78, 5) is 23.7. The van der Waals surface area contributed by atoms with Crippen LogP contribution in [0.4, 0.5) is 0 Å². The van der Waals surface area contributed by atoms with Crippen LogP contribution in [-0.2, 0) is 14.3 Å². The summed E-state index contributed by atoms with van der Waals surface area (Å²) in [5, 5.41) is 6.27. The molecule has 2 N–H and O–H groups in total. The van der Waals surface area contributed by atoms with Crippen molar-refractivity contribution in [3.8, 4) is 0 Å². The Bertz CT molecular complexity index is 484. The second-order valence-electron chi connectivity index (χ2n) is 5.71. The van der Waals surface area contributed by atoms with E-state index in [4.69, 9.17) is 4.74 Å². The van der Waals surface area contributed by atoms with E-state index in [0.29, 0.717) is 12.3 Å². The van der Waals surface area contributed by atoms with E-state index >= 15 is 0 Å². The Morgan fingerprint density at radius 2 is 2.14 bits per heavy atom. The van der Waals surface area contributed by atoms with Crippen molar-refractivity contribution in [2.24, 2.45) is 5.92 Å². The zero-order valence-corrected chi connectivity index (χ0v) is 13.0. The van der Waals surface area contributed by atoms with E-state index < -0.39 is 0 Å². The summed E-state index contributed by atoms with van der Waals surface area (Å²) in [6.07, 6.45) is 2.67. The second kappa shape index (κ2) is 8.54. The second-order valence-corrected chi connectivity index (χ2v) is 5.71. The van der Waals surface area contributed by atoms with Gasteiger partial charge in [-0.2, -0.15) is 0 Å². The molecule has 2 rings (SSSR count). The van der Waals surface area contributed by atoms with Gasteiger partial charge in [-0.15, -0.1) is 0 Å². The summed E-state index contributed by atoms with van der Waals surface area (Å²) in [6.45, 7) is 2.04. The molecule has 0 saturated carbocycles. The largest absolute Gasteiger partial charge is 0.469 e. The van der Waals surface area contributed by atoms with Gasteiger partial charge in [0.1, 0.15) is 0 Å². The van der Waals surface area contributed by atoms with Crippen LogP contribution in [0.1, 0.15) is 37.3 Å². The SMILES string of the molecule is COC(=O)CC(NC(=O)CCC1CCNC1)c1ccccc1. The van der Waals surface area contributed by atoms with Crippen LogP contribution in [0.25, 0.3) is 0 Å². The number of rotatable bonds is 7. The number of hydrogen-bond acceptors (Lipinski definition) is 4. The van der Waals surface area contributed by atoms with Crippen LogP contribution >= 0.6 is 0 Å². The molecule has 1 fully saturated rings. The fourth-order valence-electron chi connectivity index (χ4n) is 2.75. The number of carbonyl (C=O) groups is 2. The van der Waals surface area contributed by atoms with Crippen LogP contribution in [0.15, 0.2) is 30.3 Å². The Kier molecular flexibility index (Phi) is 6.40. The summed E-state index contributed by atoms with van der Waals surface area (Å²) in [6, 6.07) is 9.20. The first-order chi connectivity index (χ1) is 10.7. The topological polar surface area (TPSA) is 67.4 Å². The molecule has 0 bridgehead atoms. The van der Waals surface area contributed by atoms with E-state index in [1.54, 1.807) is 0 Å². The van der Waals surface area contributed by atoms with Crippen LogP contribution in [0, 0.1) is 5.92 Å². The van der Waals surface area contributed by atoms with Gasteiger partial charge in [-0.25, -0.2) is 0 Å². The first kappa shape index (κ1) is 16.5. The predicted molar refractivity (Wildman–Crippen MR) is 84.2 cm³/mol. The minimum absolute atomic E-state index is 0.00958. The van der Waals surface area contributed by atoms with Crippen LogP contribution < -0.4 is 10.6 Å². The first-order valence-electron chi connectivity index (χ1n) is 7.81. The highest BCUT2D eigenvalue weighted by atomic mass is 16.5. The van der Waals surface area contributed by atoms with Gasteiger partial charge in [0.05, 0.1) is 19.6 Å². The van der Waals surface area contributed by atoms with Gasteiger partial charge in [-0.05, 0) is 37.4 Å². The van der Waals surface area contributed by atoms with E-state index in [9.17, 15) is 9.59 Å². The highest BCUT2D eigenvalue weighted by Crippen LogP contribution is 2.19. The third kappa shape index (κ3) is 5.15. The van der Waals surface area contributed by atoms with Crippen molar-refractivity contribution in [3.63, 3.8) is 0 Å². The Morgan fingerprint density at radius 1 is 1.36 bits per heavy atom. The predicted octanol–water partition coefficient (Wildman–Crippen LogP) is 1.80. The van der Waals surface area contributed by atoms with Crippen LogP contribution in [0.5, 0.6) is 0 Å². The van der Waals surface area contributed by atoms with Crippen LogP contribution in [-0.4, -0.2) is 32.1 Å². The average molecular weight is 304 g/mol. The summed E-state index contributed by atoms with van der Waals surface area (Å²) in [5.41, 5.74) is 0.920. The maximum atomic E-state index is 12.2. The zero-order valence-electron chi connectivity index (χ0n) is 13.0. The highest BCUT2D eigenvalue weighted by molar-refractivity contribution is 5.78. The number of nitrogens with one attached hydrogen (secondary N) is 2. The Hall–Kier alpha value is -1.88. The summed E-state index contributed by atoms with van der Waals surface area (Å²) >= 11 is 0. The Balaban J connectivity index is 1.90. The number of ether oxygens (including phenoxy) is 1. The molecule has 0 aromatic heterocycles. The lowest BCUT2D eigenvalue weighted by Crippen LogP contribution is -2.30. The lowest BCUT2D eigenvalue weighted by Gasteiger charge is -2.18. The number of amides is 1. The molecule has 0 aliphatic carbocycles. The molecule has 5 heteroatoms. The first-order valence-corrected chi connectivity index (χ1v) is 7.81. The van der Waals surface area contributed by atoms with E-state index in [-0.39, 0.29) is 24.3 Å². The maximum Gasteiger partial charge on any atom is 0.307 e. The molecular formula is C17H24N2O3.